The van der Waals surface area contributed by atoms with Crippen molar-refractivity contribution in [2.75, 3.05) is 0 Å². The predicted molar refractivity (Wildman–Crippen MR) is 54.6 cm³/mol. The van der Waals surface area contributed by atoms with Crippen LogP contribution in [0, 0.1) is 4.64 Å². The van der Waals surface area contributed by atoms with Gasteiger partial charge in [-0.15, -0.1) is 0 Å². The van der Waals surface area contributed by atoms with Gasteiger partial charge in [-0.1, -0.05) is 28.1 Å². The minimum atomic E-state index is 0.723. The summed E-state index contributed by atoms with van der Waals surface area (Å²) in [5.74, 6) is 0. The van der Waals surface area contributed by atoms with E-state index in [9.17, 15) is 0 Å². The van der Waals surface area contributed by atoms with Crippen LogP contribution in [0.3, 0.4) is 0 Å². The van der Waals surface area contributed by atoms with Crippen LogP contribution in [0.1, 0.15) is 0 Å². The SMILES string of the molecule is S=c1[nH]cnc2ccc(Br)cc12. The number of aromatic nitrogens is 2. The average molecular weight is 241 g/mol. The fourth-order valence-electron chi connectivity index (χ4n) is 1.04. The van der Waals surface area contributed by atoms with Gasteiger partial charge in [-0.25, -0.2) is 4.98 Å². The molecule has 4 heteroatoms. The zero-order valence-corrected chi connectivity index (χ0v) is 8.45. The predicted octanol–water partition coefficient (Wildman–Crippen LogP) is 3.05. The Morgan fingerprint density at radius 1 is 1.42 bits per heavy atom. The minimum Gasteiger partial charge on any atom is -0.337 e. The summed E-state index contributed by atoms with van der Waals surface area (Å²) in [7, 11) is 0. The third-order valence-electron chi connectivity index (χ3n) is 1.60. The highest BCUT2D eigenvalue weighted by Gasteiger charge is 1.95. The van der Waals surface area contributed by atoms with Gasteiger partial charge in [0.05, 0.1) is 11.8 Å². The molecule has 1 aromatic carbocycles. The first-order valence-electron chi connectivity index (χ1n) is 3.40. The molecule has 0 radical (unpaired) electrons. The van der Waals surface area contributed by atoms with Crippen molar-refractivity contribution in [1.29, 1.82) is 0 Å². The molecule has 0 saturated heterocycles. The van der Waals surface area contributed by atoms with Crippen molar-refractivity contribution in [3.63, 3.8) is 0 Å². The first-order chi connectivity index (χ1) is 5.77. The Morgan fingerprint density at radius 3 is 3.08 bits per heavy atom. The Kier molecular flexibility index (Phi) is 1.94. The number of aromatic amines is 1. The van der Waals surface area contributed by atoms with Gasteiger partial charge in [0.25, 0.3) is 0 Å². The molecule has 0 spiro atoms. The maximum atomic E-state index is 5.10. The summed E-state index contributed by atoms with van der Waals surface area (Å²) in [5, 5.41) is 0.974. The topological polar surface area (TPSA) is 28.7 Å². The van der Waals surface area contributed by atoms with Crippen molar-refractivity contribution < 1.29 is 0 Å². The Labute approximate surface area is 82.8 Å². The largest absolute Gasteiger partial charge is 0.337 e. The monoisotopic (exact) mass is 240 g/mol. The van der Waals surface area contributed by atoms with E-state index in [4.69, 9.17) is 12.2 Å². The number of H-pyrrole nitrogens is 1. The Hall–Kier alpha value is -0.740. The minimum absolute atomic E-state index is 0.723. The molecule has 0 aliphatic heterocycles. The zero-order chi connectivity index (χ0) is 8.55. The van der Waals surface area contributed by atoms with Gasteiger partial charge in [0.1, 0.15) is 4.64 Å². The van der Waals surface area contributed by atoms with Crippen LogP contribution in [0.15, 0.2) is 29.0 Å². The third-order valence-corrected chi connectivity index (χ3v) is 2.43. The molecular formula is C8H5BrN2S. The van der Waals surface area contributed by atoms with Crippen LogP contribution >= 0.6 is 28.1 Å². The van der Waals surface area contributed by atoms with E-state index >= 15 is 0 Å². The fourth-order valence-corrected chi connectivity index (χ4v) is 1.62. The molecule has 0 bridgehead atoms. The smallest absolute Gasteiger partial charge is 0.113 e. The number of hydrogen-bond acceptors (Lipinski definition) is 2. The molecule has 12 heavy (non-hydrogen) atoms. The van der Waals surface area contributed by atoms with Gasteiger partial charge in [0, 0.05) is 9.86 Å². The zero-order valence-electron chi connectivity index (χ0n) is 6.04. The number of benzene rings is 1. The molecular weight excluding hydrogens is 236 g/mol. The first-order valence-corrected chi connectivity index (χ1v) is 4.60. The lowest BCUT2D eigenvalue weighted by Gasteiger charge is -1.96. The molecule has 1 heterocycles. The molecule has 2 rings (SSSR count). The van der Waals surface area contributed by atoms with Crippen molar-refractivity contribution >= 4 is 39.1 Å². The molecule has 0 saturated carbocycles. The maximum absolute atomic E-state index is 5.10. The van der Waals surface area contributed by atoms with E-state index < -0.39 is 0 Å². The highest BCUT2D eigenvalue weighted by molar-refractivity contribution is 9.10. The Morgan fingerprint density at radius 2 is 2.25 bits per heavy atom. The lowest BCUT2D eigenvalue weighted by molar-refractivity contribution is 1.20. The van der Waals surface area contributed by atoms with E-state index in [-0.39, 0.29) is 0 Å². The standard InChI is InChI=1S/C8H5BrN2S/c9-5-1-2-7-6(3-5)8(12)11-4-10-7/h1-4H,(H,10,11,12). The van der Waals surface area contributed by atoms with Gasteiger partial charge in [-0.3, -0.25) is 0 Å². The van der Waals surface area contributed by atoms with E-state index in [1.54, 1.807) is 6.33 Å². The van der Waals surface area contributed by atoms with E-state index in [0.29, 0.717) is 0 Å². The summed E-state index contributed by atoms with van der Waals surface area (Å²) in [5.41, 5.74) is 0.918. The van der Waals surface area contributed by atoms with Crippen LogP contribution in [0.5, 0.6) is 0 Å². The third kappa shape index (κ3) is 1.28. The van der Waals surface area contributed by atoms with E-state index in [0.717, 1.165) is 20.0 Å². The normalized spacial score (nSPS) is 10.4. The average Bonchev–Trinajstić information content (AvgIpc) is 2.07. The van der Waals surface area contributed by atoms with Crippen LogP contribution < -0.4 is 0 Å². The second-order valence-corrected chi connectivity index (χ2v) is 3.72. The van der Waals surface area contributed by atoms with E-state index in [1.165, 1.54) is 0 Å². The Balaban J connectivity index is 2.98. The highest BCUT2D eigenvalue weighted by atomic mass is 79.9. The van der Waals surface area contributed by atoms with Crippen LogP contribution in [0.2, 0.25) is 0 Å². The van der Waals surface area contributed by atoms with Gasteiger partial charge in [0.15, 0.2) is 0 Å². The van der Waals surface area contributed by atoms with Gasteiger partial charge in [-0.05, 0) is 18.2 Å². The number of nitrogens with one attached hydrogen (secondary N) is 1. The summed E-state index contributed by atoms with van der Waals surface area (Å²) in [6.45, 7) is 0. The van der Waals surface area contributed by atoms with Crippen molar-refractivity contribution in [3.05, 3.63) is 33.6 Å². The summed E-state index contributed by atoms with van der Waals surface area (Å²) < 4.78 is 1.74. The number of rotatable bonds is 0. The van der Waals surface area contributed by atoms with Crippen molar-refractivity contribution in [1.82, 2.24) is 9.97 Å². The summed E-state index contributed by atoms with van der Waals surface area (Å²) >= 11 is 8.48. The van der Waals surface area contributed by atoms with Crippen LogP contribution in [-0.2, 0) is 0 Å². The van der Waals surface area contributed by atoms with Crippen LogP contribution in [0.4, 0.5) is 0 Å². The lowest BCUT2D eigenvalue weighted by Crippen LogP contribution is -1.82. The van der Waals surface area contributed by atoms with Gasteiger partial charge >= 0.3 is 0 Å². The molecule has 0 atom stereocenters. The molecule has 0 aliphatic rings. The molecule has 2 nitrogen and oxygen atoms in total. The molecule has 2 aromatic rings. The summed E-state index contributed by atoms with van der Waals surface area (Å²) in [6, 6.07) is 5.84. The molecule has 0 fully saturated rings. The van der Waals surface area contributed by atoms with Gasteiger partial charge < -0.3 is 4.98 Å². The quantitative estimate of drug-likeness (QED) is 0.718. The second-order valence-electron chi connectivity index (χ2n) is 2.39. The Bertz CT molecular complexity index is 478. The van der Waals surface area contributed by atoms with Crippen LogP contribution in [-0.4, -0.2) is 9.97 Å². The maximum Gasteiger partial charge on any atom is 0.113 e. The van der Waals surface area contributed by atoms with E-state index in [2.05, 4.69) is 25.9 Å². The molecule has 0 amide bonds. The number of nitrogens with zero attached hydrogens (tertiary/aromatic N) is 1. The molecule has 0 aliphatic carbocycles. The summed E-state index contributed by atoms with van der Waals surface area (Å²) in [6.07, 6.45) is 1.61. The fraction of sp³-hybridized carbons (Fsp3) is 0. The van der Waals surface area contributed by atoms with Crippen molar-refractivity contribution in [2.24, 2.45) is 0 Å². The lowest BCUT2D eigenvalue weighted by atomic mass is 10.2. The van der Waals surface area contributed by atoms with Crippen molar-refractivity contribution in [2.45, 2.75) is 0 Å². The molecule has 60 valence electrons. The number of hydrogen-bond donors (Lipinski definition) is 1. The number of fused-ring (bicyclic) bond motifs is 1. The van der Waals surface area contributed by atoms with Crippen LogP contribution in [0.25, 0.3) is 10.9 Å². The second kappa shape index (κ2) is 2.95. The number of halogens is 1. The molecule has 1 N–H and O–H groups in total. The first kappa shape index (κ1) is 7.89. The summed E-state index contributed by atoms with van der Waals surface area (Å²) in [4.78, 5) is 7.02. The van der Waals surface area contributed by atoms with Gasteiger partial charge in [-0.2, -0.15) is 0 Å². The van der Waals surface area contributed by atoms with Gasteiger partial charge in [0.2, 0.25) is 0 Å². The molecule has 0 unspecified atom stereocenters. The van der Waals surface area contributed by atoms with E-state index in [1.807, 2.05) is 18.2 Å². The molecule has 1 aromatic heterocycles. The van der Waals surface area contributed by atoms with Crippen molar-refractivity contribution in [3.8, 4) is 0 Å². The highest BCUT2D eigenvalue weighted by Crippen LogP contribution is 2.17.